The summed E-state index contributed by atoms with van der Waals surface area (Å²) < 4.78 is 0. The van der Waals surface area contributed by atoms with Crippen molar-refractivity contribution in [2.24, 2.45) is 0 Å². The summed E-state index contributed by atoms with van der Waals surface area (Å²) in [7, 11) is 0. The molecule has 0 aliphatic carbocycles. The van der Waals surface area contributed by atoms with Crippen molar-refractivity contribution in [2.45, 2.75) is 33.1 Å². The number of hydrogen-bond donors (Lipinski definition) is 0. The van der Waals surface area contributed by atoms with Crippen molar-refractivity contribution < 1.29 is 4.79 Å². The second kappa shape index (κ2) is 5.16. The highest BCUT2D eigenvalue weighted by atomic mass is 35.5. The number of unbranched alkanes of at least 4 members (excludes halogenated alkanes) is 1. The Morgan fingerprint density at radius 3 is 2.71 bits per heavy atom. The molecular formula is C12H15ClO. The first-order chi connectivity index (χ1) is 6.66. The minimum Gasteiger partial charge on any atom is -0.295 e. The van der Waals surface area contributed by atoms with Gasteiger partial charge < -0.3 is 0 Å². The molecule has 76 valence electrons. The predicted molar refractivity (Wildman–Crippen MR) is 60.1 cm³/mol. The van der Waals surface area contributed by atoms with E-state index in [4.69, 9.17) is 11.6 Å². The molecule has 0 saturated heterocycles. The van der Waals surface area contributed by atoms with Crippen LogP contribution in [0.5, 0.6) is 0 Å². The summed E-state index contributed by atoms with van der Waals surface area (Å²) in [5, 5.41) is 0.714. The Labute approximate surface area is 90.1 Å². The van der Waals surface area contributed by atoms with Crippen LogP contribution in [0, 0.1) is 0 Å². The van der Waals surface area contributed by atoms with Crippen molar-refractivity contribution in [2.75, 3.05) is 0 Å². The molecule has 1 aromatic carbocycles. The number of hydrogen-bond acceptors (Lipinski definition) is 1. The Kier molecular flexibility index (Phi) is 4.15. The summed E-state index contributed by atoms with van der Waals surface area (Å²) in [6, 6.07) is 5.52. The normalized spacial score (nSPS) is 10.2. The summed E-state index contributed by atoms with van der Waals surface area (Å²) in [5.74, 6) is 0.0959. The Morgan fingerprint density at radius 2 is 2.14 bits per heavy atom. The van der Waals surface area contributed by atoms with Crippen LogP contribution in [-0.2, 0) is 6.42 Å². The number of halogens is 1. The molecule has 0 saturated carbocycles. The summed E-state index contributed by atoms with van der Waals surface area (Å²) in [6.45, 7) is 3.71. The molecule has 0 amide bonds. The lowest BCUT2D eigenvalue weighted by Crippen LogP contribution is -2.00. The Bertz CT molecular complexity index is 331. The molecule has 0 atom stereocenters. The molecule has 0 fully saturated rings. The summed E-state index contributed by atoms with van der Waals surface area (Å²) in [6.07, 6.45) is 3.08. The molecule has 0 bridgehead atoms. The van der Waals surface area contributed by atoms with Crippen molar-refractivity contribution in [3.63, 3.8) is 0 Å². The van der Waals surface area contributed by atoms with E-state index < -0.39 is 0 Å². The third-order valence-electron chi connectivity index (χ3n) is 2.28. The van der Waals surface area contributed by atoms with Crippen molar-refractivity contribution >= 4 is 17.4 Å². The fourth-order valence-corrected chi connectivity index (χ4v) is 1.77. The molecule has 0 aromatic heterocycles. The fourth-order valence-electron chi connectivity index (χ4n) is 1.50. The van der Waals surface area contributed by atoms with Gasteiger partial charge in [-0.2, -0.15) is 0 Å². The standard InChI is InChI=1S/C12H15ClO/c1-3-4-6-11-10(9(2)14)7-5-8-12(11)13/h5,7-8H,3-4,6H2,1-2H3. The third-order valence-corrected chi connectivity index (χ3v) is 2.63. The minimum absolute atomic E-state index is 0.0959. The van der Waals surface area contributed by atoms with Crippen LogP contribution < -0.4 is 0 Å². The molecule has 1 nitrogen and oxygen atoms in total. The average molecular weight is 211 g/mol. The lowest BCUT2D eigenvalue weighted by Gasteiger charge is -2.08. The number of carbonyl (C=O) groups excluding carboxylic acids is 1. The summed E-state index contributed by atoms with van der Waals surface area (Å²) >= 11 is 6.06. The van der Waals surface area contributed by atoms with E-state index in [1.165, 1.54) is 0 Å². The highest BCUT2D eigenvalue weighted by Gasteiger charge is 2.09. The van der Waals surface area contributed by atoms with Gasteiger partial charge >= 0.3 is 0 Å². The van der Waals surface area contributed by atoms with E-state index >= 15 is 0 Å². The zero-order valence-electron chi connectivity index (χ0n) is 8.64. The quantitative estimate of drug-likeness (QED) is 0.690. The third kappa shape index (κ3) is 2.58. The van der Waals surface area contributed by atoms with Gasteiger partial charge in [-0.3, -0.25) is 4.79 Å². The minimum atomic E-state index is 0.0959. The van der Waals surface area contributed by atoms with Crippen LogP contribution in [0.4, 0.5) is 0 Å². The number of carbonyl (C=O) groups is 1. The van der Waals surface area contributed by atoms with Crippen molar-refractivity contribution in [1.29, 1.82) is 0 Å². The van der Waals surface area contributed by atoms with Gasteiger partial charge in [-0.15, -0.1) is 0 Å². The molecule has 2 heteroatoms. The smallest absolute Gasteiger partial charge is 0.160 e. The van der Waals surface area contributed by atoms with E-state index in [-0.39, 0.29) is 5.78 Å². The van der Waals surface area contributed by atoms with Crippen LogP contribution >= 0.6 is 11.6 Å². The van der Waals surface area contributed by atoms with Gasteiger partial charge in [0, 0.05) is 10.6 Å². The van der Waals surface area contributed by atoms with Gasteiger partial charge in [0.1, 0.15) is 0 Å². The second-order valence-electron chi connectivity index (χ2n) is 3.43. The van der Waals surface area contributed by atoms with E-state index in [1.54, 1.807) is 6.92 Å². The number of rotatable bonds is 4. The van der Waals surface area contributed by atoms with Crippen molar-refractivity contribution in [3.05, 3.63) is 34.3 Å². The second-order valence-corrected chi connectivity index (χ2v) is 3.83. The average Bonchev–Trinajstić information content (AvgIpc) is 2.15. The van der Waals surface area contributed by atoms with E-state index in [2.05, 4.69) is 6.92 Å². The Morgan fingerprint density at radius 1 is 1.43 bits per heavy atom. The molecule has 1 aromatic rings. The monoisotopic (exact) mass is 210 g/mol. The first-order valence-corrected chi connectivity index (χ1v) is 5.33. The number of benzene rings is 1. The molecule has 0 spiro atoms. The fraction of sp³-hybridized carbons (Fsp3) is 0.417. The zero-order chi connectivity index (χ0) is 10.6. The first-order valence-electron chi connectivity index (χ1n) is 4.95. The maximum Gasteiger partial charge on any atom is 0.160 e. The molecule has 0 heterocycles. The van der Waals surface area contributed by atoms with Gasteiger partial charge in [-0.05, 0) is 31.4 Å². The van der Waals surface area contributed by atoms with E-state index in [0.29, 0.717) is 5.02 Å². The van der Waals surface area contributed by atoms with Crippen LogP contribution in [0.25, 0.3) is 0 Å². The number of Topliss-reactive ketones (excluding diaryl/α,β-unsaturated/α-hetero) is 1. The van der Waals surface area contributed by atoms with Crippen LogP contribution in [0.2, 0.25) is 5.02 Å². The van der Waals surface area contributed by atoms with E-state index in [9.17, 15) is 4.79 Å². The predicted octanol–water partition coefficient (Wildman–Crippen LogP) is 3.89. The molecule has 14 heavy (non-hydrogen) atoms. The van der Waals surface area contributed by atoms with Crippen molar-refractivity contribution in [1.82, 2.24) is 0 Å². The SMILES string of the molecule is CCCCc1c(Cl)cccc1C(C)=O. The van der Waals surface area contributed by atoms with Crippen molar-refractivity contribution in [3.8, 4) is 0 Å². The van der Waals surface area contributed by atoms with Crippen LogP contribution in [0.3, 0.4) is 0 Å². The molecule has 0 N–H and O–H groups in total. The van der Waals surface area contributed by atoms with Gasteiger partial charge in [0.25, 0.3) is 0 Å². The van der Waals surface area contributed by atoms with Crippen LogP contribution in [-0.4, -0.2) is 5.78 Å². The Hall–Kier alpha value is -0.820. The molecule has 0 radical (unpaired) electrons. The largest absolute Gasteiger partial charge is 0.295 e. The maximum absolute atomic E-state index is 11.3. The van der Waals surface area contributed by atoms with Gasteiger partial charge in [0.05, 0.1) is 0 Å². The molecule has 0 aliphatic heterocycles. The highest BCUT2D eigenvalue weighted by Crippen LogP contribution is 2.22. The van der Waals surface area contributed by atoms with E-state index in [1.807, 2.05) is 18.2 Å². The van der Waals surface area contributed by atoms with Crippen LogP contribution in [0.1, 0.15) is 42.6 Å². The first kappa shape index (κ1) is 11.3. The molecular weight excluding hydrogens is 196 g/mol. The lowest BCUT2D eigenvalue weighted by molar-refractivity contribution is 0.101. The lowest BCUT2D eigenvalue weighted by atomic mass is 9.99. The molecule has 1 rings (SSSR count). The molecule has 0 aliphatic rings. The van der Waals surface area contributed by atoms with Gasteiger partial charge in [0.2, 0.25) is 0 Å². The highest BCUT2D eigenvalue weighted by molar-refractivity contribution is 6.31. The van der Waals surface area contributed by atoms with Gasteiger partial charge in [-0.25, -0.2) is 0 Å². The summed E-state index contributed by atoms with van der Waals surface area (Å²) in [5.41, 5.74) is 1.77. The Balaban J connectivity index is 3.02. The topological polar surface area (TPSA) is 17.1 Å². The van der Waals surface area contributed by atoms with E-state index in [0.717, 1.165) is 30.4 Å². The maximum atomic E-state index is 11.3. The van der Waals surface area contributed by atoms with Gasteiger partial charge in [-0.1, -0.05) is 37.1 Å². The molecule has 0 unspecified atom stereocenters. The zero-order valence-corrected chi connectivity index (χ0v) is 9.40. The van der Waals surface area contributed by atoms with Crippen LogP contribution in [0.15, 0.2) is 18.2 Å². The van der Waals surface area contributed by atoms with Gasteiger partial charge in [0.15, 0.2) is 5.78 Å². The summed E-state index contributed by atoms with van der Waals surface area (Å²) in [4.78, 5) is 11.3. The number of ketones is 1.